The van der Waals surface area contributed by atoms with Gasteiger partial charge in [-0.2, -0.15) is 13.2 Å². The van der Waals surface area contributed by atoms with Gasteiger partial charge in [0.1, 0.15) is 0 Å². The van der Waals surface area contributed by atoms with Gasteiger partial charge in [0.15, 0.2) is 0 Å². The molecule has 0 atom stereocenters. The van der Waals surface area contributed by atoms with Crippen molar-refractivity contribution in [3.8, 4) is 0 Å². The van der Waals surface area contributed by atoms with Gasteiger partial charge in [-0.05, 0) is 32.4 Å². The van der Waals surface area contributed by atoms with Crippen molar-refractivity contribution in [1.82, 2.24) is 15.3 Å². The zero-order chi connectivity index (χ0) is 17.5. The largest absolute Gasteiger partial charge is 0.417 e. The molecule has 0 unspecified atom stereocenters. The number of pyridine rings is 2. The number of halogens is 3. The standard InChI is InChI=1S/C18H18F3N3/c1-17(2,3)24-9-11-8-23-16-12-6-4-5-7-14(12)22-10-13(16)15(11)18(19,20)21/h4-8,10,24H,9H2,1-3H3. The Labute approximate surface area is 137 Å². The van der Waals surface area contributed by atoms with E-state index in [-0.39, 0.29) is 23.0 Å². The summed E-state index contributed by atoms with van der Waals surface area (Å²) < 4.78 is 41.1. The molecule has 0 saturated heterocycles. The van der Waals surface area contributed by atoms with Crippen molar-refractivity contribution in [2.45, 2.75) is 39.0 Å². The van der Waals surface area contributed by atoms with E-state index in [4.69, 9.17) is 0 Å². The predicted molar refractivity (Wildman–Crippen MR) is 88.6 cm³/mol. The van der Waals surface area contributed by atoms with Gasteiger partial charge in [0, 0.05) is 35.2 Å². The maximum Gasteiger partial charge on any atom is 0.417 e. The van der Waals surface area contributed by atoms with Crippen LogP contribution in [0.25, 0.3) is 21.8 Å². The first-order chi connectivity index (χ1) is 11.2. The maximum absolute atomic E-state index is 13.7. The normalized spacial score (nSPS) is 12.9. The fraction of sp³-hybridized carbons (Fsp3) is 0.333. The maximum atomic E-state index is 13.7. The highest BCUT2D eigenvalue weighted by atomic mass is 19.4. The van der Waals surface area contributed by atoms with Crippen molar-refractivity contribution in [1.29, 1.82) is 0 Å². The molecule has 0 radical (unpaired) electrons. The van der Waals surface area contributed by atoms with E-state index in [9.17, 15) is 13.2 Å². The third-order valence-electron chi connectivity index (χ3n) is 3.78. The molecule has 24 heavy (non-hydrogen) atoms. The lowest BCUT2D eigenvalue weighted by Gasteiger charge is -2.22. The summed E-state index contributed by atoms with van der Waals surface area (Å²) in [6.07, 6.45) is -1.88. The van der Waals surface area contributed by atoms with Crippen LogP contribution in [0.1, 0.15) is 31.9 Å². The Bertz CT molecular complexity index is 896. The van der Waals surface area contributed by atoms with Crippen LogP contribution < -0.4 is 5.32 Å². The lowest BCUT2D eigenvalue weighted by atomic mass is 10.0. The van der Waals surface area contributed by atoms with E-state index >= 15 is 0 Å². The molecule has 3 aromatic rings. The quantitative estimate of drug-likeness (QED) is 0.691. The zero-order valence-corrected chi connectivity index (χ0v) is 13.7. The van der Waals surface area contributed by atoms with Gasteiger partial charge < -0.3 is 5.32 Å². The Morgan fingerprint density at radius 2 is 1.67 bits per heavy atom. The van der Waals surface area contributed by atoms with Crippen LogP contribution in [-0.2, 0) is 12.7 Å². The molecule has 3 nitrogen and oxygen atoms in total. The van der Waals surface area contributed by atoms with Crippen LogP contribution in [0.2, 0.25) is 0 Å². The number of rotatable bonds is 2. The lowest BCUT2D eigenvalue weighted by molar-refractivity contribution is -0.137. The first kappa shape index (κ1) is 16.6. The van der Waals surface area contributed by atoms with Crippen molar-refractivity contribution >= 4 is 21.8 Å². The van der Waals surface area contributed by atoms with Gasteiger partial charge in [0.05, 0.1) is 16.6 Å². The predicted octanol–water partition coefficient (Wildman–Crippen LogP) is 4.69. The summed E-state index contributed by atoms with van der Waals surface area (Å²) in [5.74, 6) is 0. The van der Waals surface area contributed by atoms with Crippen molar-refractivity contribution in [2.24, 2.45) is 0 Å². The molecule has 2 aromatic heterocycles. The van der Waals surface area contributed by atoms with Crippen LogP contribution in [0.4, 0.5) is 13.2 Å². The average molecular weight is 333 g/mol. The summed E-state index contributed by atoms with van der Waals surface area (Å²) in [4.78, 5) is 8.48. The number of para-hydroxylation sites is 1. The summed E-state index contributed by atoms with van der Waals surface area (Å²) >= 11 is 0. The minimum atomic E-state index is -4.47. The smallest absolute Gasteiger partial charge is 0.308 e. The van der Waals surface area contributed by atoms with Crippen molar-refractivity contribution < 1.29 is 13.2 Å². The molecule has 0 fully saturated rings. The summed E-state index contributed by atoms with van der Waals surface area (Å²) in [6.45, 7) is 5.81. The lowest BCUT2D eigenvalue weighted by Crippen LogP contribution is -2.35. The number of hydrogen-bond acceptors (Lipinski definition) is 3. The summed E-state index contributed by atoms with van der Waals surface area (Å²) in [5, 5.41) is 3.75. The van der Waals surface area contributed by atoms with Crippen LogP contribution in [0.3, 0.4) is 0 Å². The van der Waals surface area contributed by atoms with E-state index in [1.807, 2.05) is 20.8 Å². The van der Waals surface area contributed by atoms with Crippen molar-refractivity contribution in [3.05, 3.63) is 47.8 Å². The number of benzene rings is 1. The number of nitrogens with zero attached hydrogens (tertiary/aromatic N) is 2. The third-order valence-corrected chi connectivity index (χ3v) is 3.78. The van der Waals surface area contributed by atoms with Crippen LogP contribution in [0, 0.1) is 0 Å². The van der Waals surface area contributed by atoms with Gasteiger partial charge in [-0.15, -0.1) is 0 Å². The number of hydrogen-bond donors (Lipinski definition) is 1. The van der Waals surface area contributed by atoms with E-state index in [0.717, 1.165) is 0 Å². The van der Waals surface area contributed by atoms with E-state index in [1.54, 1.807) is 24.3 Å². The molecule has 0 saturated carbocycles. The fourth-order valence-electron chi connectivity index (χ4n) is 2.66. The molecule has 0 spiro atoms. The topological polar surface area (TPSA) is 37.8 Å². The SMILES string of the molecule is CC(C)(C)NCc1cnc2c(cnc3ccccc32)c1C(F)(F)F. The Balaban J connectivity index is 2.25. The van der Waals surface area contributed by atoms with Crippen molar-refractivity contribution in [3.63, 3.8) is 0 Å². The van der Waals surface area contributed by atoms with E-state index in [2.05, 4.69) is 15.3 Å². The van der Waals surface area contributed by atoms with Crippen LogP contribution in [0.15, 0.2) is 36.7 Å². The molecule has 0 bridgehead atoms. The number of fused-ring (bicyclic) bond motifs is 3. The van der Waals surface area contributed by atoms with Crippen LogP contribution in [-0.4, -0.2) is 15.5 Å². The highest BCUT2D eigenvalue weighted by Gasteiger charge is 2.36. The summed E-state index contributed by atoms with van der Waals surface area (Å²) in [7, 11) is 0. The molecular formula is C18H18F3N3. The van der Waals surface area contributed by atoms with E-state index in [0.29, 0.717) is 16.4 Å². The Morgan fingerprint density at radius 1 is 0.958 bits per heavy atom. The summed E-state index contributed by atoms with van der Waals surface area (Å²) in [5.41, 5.74) is 0.127. The Morgan fingerprint density at radius 3 is 2.33 bits per heavy atom. The first-order valence-corrected chi connectivity index (χ1v) is 7.64. The van der Waals surface area contributed by atoms with Gasteiger partial charge >= 0.3 is 6.18 Å². The van der Waals surface area contributed by atoms with E-state index in [1.165, 1.54) is 12.4 Å². The van der Waals surface area contributed by atoms with Gasteiger partial charge in [0.2, 0.25) is 0 Å². The molecule has 3 rings (SSSR count). The minimum Gasteiger partial charge on any atom is -0.308 e. The Hall–Kier alpha value is -2.21. The average Bonchev–Trinajstić information content (AvgIpc) is 2.50. The zero-order valence-electron chi connectivity index (χ0n) is 13.7. The summed E-state index contributed by atoms with van der Waals surface area (Å²) in [6, 6.07) is 7.07. The van der Waals surface area contributed by atoms with Gasteiger partial charge in [0.25, 0.3) is 0 Å². The highest BCUT2D eigenvalue weighted by Crippen LogP contribution is 2.38. The number of aromatic nitrogens is 2. The van der Waals surface area contributed by atoms with E-state index < -0.39 is 11.7 Å². The number of alkyl halides is 3. The van der Waals surface area contributed by atoms with Gasteiger partial charge in [-0.25, -0.2) is 0 Å². The second kappa shape index (κ2) is 5.70. The molecule has 2 heterocycles. The molecular weight excluding hydrogens is 315 g/mol. The molecule has 126 valence electrons. The molecule has 0 aliphatic heterocycles. The minimum absolute atomic E-state index is 0.0365. The monoisotopic (exact) mass is 333 g/mol. The van der Waals surface area contributed by atoms with Crippen LogP contribution in [0.5, 0.6) is 0 Å². The molecule has 6 heteroatoms. The molecule has 1 aromatic carbocycles. The second-order valence-corrected chi connectivity index (χ2v) is 6.80. The van der Waals surface area contributed by atoms with Crippen molar-refractivity contribution in [2.75, 3.05) is 0 Å². The third kappa shape index (κ3) is 3.19. The van der Waals surface area contributed by atoms with Gasteiger partial charge in [-0.1, -0.05) is 18.2 Å². The molecule has 0 aliphatic carbocycles. The molecule has 0 amide bonds. The van der Waals surface area contributed by atoms with Crippen LogP contribution >= 0.6 is 0 Å². The highest BCUT2D eigenvalue weighted by molar-refractivity contribution is 6.04. The first-order valence-electron chi connectivity index (χ1n) is 7.64. The second-order valence-electron chi connectivity index (χ2n) is 6.80. The van der Waals surface area contributed by atoms with Gasteiger partial charge in [-0.3, -0.25) is 9.97 Å². The number of nitrogens with one attached hydrogen (secondary N) is 1. The Kier molecular flexibility index (Phi) is 3.95. The molecule has 0 aliphatic rings. The molecule has 1 N–H and O–H groups in total. The fourth-order valence-corrected chi connectivity index (χ4v) is 2.66.